The highest BCUT2D eigenvalue weighted by atomic mass is 16.4. The molecule has 1 atom stereocenters. The van der Waals surface area contributed by atoms with Crippen LogP contribution in [0.15, 0.2) is 30.3 Å². The number of hydrogen-bond donors (Lipinski definition) is 3. The van der Waals surface area contributed by atoms with Crippen LogP contribution < -0.4 is 11.1 Å². The van der Waals surface area contributed by atoms with Crippen LogP contribution in [0.2, 0.25) is 0 Å². The van der Waals surface area contributed by atoms with Gasteiger partial charge in [0.2, 0.25) is 11.8 Å². The van der Waals surface area contributed by atoms with E-state index in [2.05, 4.69) is 5.32 Å². The number of benzene rings is 1. The number of carbonyl (C=O) groups excluding carboxylic acids is 2. The standard InChI is InChI=1S/C15H18N2O4/c1-2-3-12(15(20)21)17-13(18)9-6-10-4-7-11(8-5-10)14(16)19/h4-9,12H,2-3H2,1H3,(H2,16,19)(H,17,18)(H,20,21)/b9-6+/t12-/m0/s1. The van der Waals surface area contributed by atoms with Crippen LogP contribution in [0.5, 0.6) is 0 Å². The Labute approximate surface area is 122 Å². The molecule has 0 radical (unpaired) electrons. The van der Waals surface area contributed by atoms with Crippen LogP contribution in [0.4, 0.5) is 0 Å². The van der Waals surface area contributed by atoms with E-state index in [1.807, 2.05) is 6.92 Å². The number of carboxylic acids is 1. The van der Waals surface area contributed by atoms with Crippen molar-refractivity contribution in [1.82, 2.24) is 5.32 Å². The number of primary amides is 1. The van der Waals surface area contributed by atoms with E-state index in [4.69, 9.17) is 10.8 Å². The summed E-state index contributed by atoms with van der Waals surface area (Å²) in [6, 6.07) is 5.51. The molecular weight excluding hydrogens is 272 g/mol. The number of carbonyl (C=O) groups is 3. The maximum atomic E-state index is 11.6. The molecule has 6 nitrogen and oxygen atoms in total. The zero-order valence-electron chi connectivity index (χ0n) is 11.7. The van der Waals surface area contributed by atoms with Gasteiger partial charge in [0.1, 0.15) is 6.04 Å². The van der Waals surface area contributed by atoms with Gasteiger partial charge < -0.3 is 16.2 Å². The Bertz CT molecular complexity index is 549. The Morgan fingerprint density at radius 1 is 1.29 bits per heavy atom. The number of aliphatic carboxylic acids is 1. The van der Waals surface area contributed by atoms with Gasteiger partial charge in [-0.2, -0.15) is 0 Å². The van der Waals surface area contributed by atoms with E-state index >= 15 is 0 Å². The lowest BCUT2D eigenvalue weighted by Gasteiger charge is -2.11. The summed E-state index contributed by atoms with van der Waals surface area (Å²) in [6.45, 7) is 1.85. The topological polar surface area (TPSA) is 109 Å². The van der Waals surface area contributed by atoms with Crippen molar-refractivity contribution in [2.75, 3.05) is 0 Å². The Kier molecular flexibility index (Phi) is 6.13. The first kappa shape index (κ1) is 16.4. The van der Waals surface area contributed by atoms with E-state index in [1.165, 1.54) is 12.2 Å². The van der Waals surface area contributed by atoms with Crippen molar-refractivity contribution in [3.8, 4) is 0 Å². The molecule has 0 aliphatic heterocycles. The van der Waals surface area contributed by atoms with Gasteiger partial charge in [0, 0.05) is 11.6 Å². The van der Waals surface area contributed by atoms with Gasteiger partial charge in [-0.25, -0.2) is 4.79 Å². The summed E-state index contributed by atoms with van der Waals surface area (Å²) in [5, 5.41) is 11.4. The molecule has 0 bridgehead atoms. The highest BCUT2D eigenvalue weighted by Crippen LogP contribution is 2.06. The molecule has 0 fully saturated rings. The second kappa shape index (κ2) is 7.84. The monoisotopic (exact) mass is 290 g/mol. The average Bonchev–Trinajstić information content (AvgIpc) is 2.45. The molecular formula is C15H18N2O4. The first-order valence-electron chi connectivity index (χ1n) is 6.55. The van der Waals surface area contributed by atoms with E-state index < -0.39 is 23.8 Å². The van der Waals surface area contributed by atoms with Crippen LogP contribution >= 0.6 is 0 Å². The van der Waals surface area contributed by atoms with Crippen LogP contribution in [-0.2, 0) is 9.59 Å². The van der Waals surface area contributed by atoms with Crippen molar-refractivity contribution in [3.63, 3.8) is 0 Å². The molecule has 1 rings (SSSR count). The molecule has 2 amide bonds. The van der Waals surface area contributed by atoms with Crippen LogP contribution in [0.1, 0.15) is 35.7 Å². The van der Waals surface area contributed by atoms with E-state index in [-0.39, 0.29) is 0 Å². The highest BCUT2D eigenvalue weighted by molar-refractivity contribution is 5.95. The Balaban J connectivity index is 2.64. The van der Waals surface area contributed by atoms with Gasteiger partial charge in [-0.3, -0.25) is 9.59 Å². The van der Waals surface area contributed by atoms with E-state index in [9.17, 15) is 14.4 Å². The van der Waals surface area contributed by atoms with Gasteiger partial charge >= 0.3 is 5.97 Å². The highest BCUT2D eigenvalue weighted by Gasteiger charge is 2.17. The predicted octanol–water partition coefficient (Wildman–Crippen LogP) is 1.17. The lowest BCUT2D eigenvalue weighted by molar-refractivity contribution is -0.141. The van der Waals surface area contributed by atoms with E-state index in [0.29, 0.717) is 24.0 Å². The molecule has 0 unspecified atom stereocenters. The number of hydrogen-bond acceptors (Lipinski definition) is 3. The minimum atomic E-state index is -1.05. The van der Waals surface area contributed by atoms with Gasteiger partial charge in [-0.15, -0.1) is 0 Å². The van der Waals surface area contributed by atoms with Crippen molar-refractivity contribution in [2.24, 2.45) is 5.73 Å². The zero-order chi connectivity index (χ0) is 15.8. The van der Waals surface area contributed by atoms with Crippen LogP contribution in [-0.4, -0.2) is 28.9 Å². The minimum Gasteiger partial charge on any atom is -0.480 e. The minimum absolute atomic E-state index is 0.377. The normalized spacial score (nSPS) is 12.0. The number of carboxylic acid groups (broad SMARTS) is 1. The molecule has 0 spiro atoms. The largest absolute Gasteiger partial charge is 0.480 e. The molecule has 1 aromatic rings. The summed E-state index contributed by atoms with van der Waals surface area (Å²) >= 11 is 0. The molecule has 0 heterocycles. The molecule has 4 N–H and O–H groups in total. The molecule has 0 aliphatic carbocycles. The lowest BCUT2D eigenvalue weighted by Crippen LogP contribution is -2.39. The number of rotatable bonds is 7. The van der Waals surface area contributed by atoms with Gasteiger partial charge in [0.25, 0.3) is 0 Å². The Morgan fingerprint density at radius 2 is 1.90 bits per heavy atom. The fourth-order valence-corrected chi connectivity index (χ4v) is 1.70. The fourth-order valence-electron chi connectivity index (χ4n) is 1.70. The summed E-state index contributed by atoms with van der Waals surface area (Å²) < 4.78 is 0. The number of amides is 2. The van der Waals surface area contributed by atoms with Gasteiger partial charge in [0.15, 0.2) is 0 Å². The van der Waals surface area contributed by atoms with Gasteiger partial charge in [-0.1, -0.05) is 25.5 Å². The van der Waals surface area contributed by atoms with Crippen molar-refractivity contribution < 1.29 is 19.5 Å². The van der Waals surface area contributed by atoms with Gasteiger partial charge in [0.05, 0.1) is 0 Å². The first-order chi connectivity index (χ1) is 9.93. The van der Waals surface area contributed by atoms with Crippen molar-refractivity contribution in [1.29, 1.82) is 0 Å². The SMILES string of the molecule is CCC[C@H](NC(=O)/C=C/c1ccc(C(N)=O)cc1)C(=O)O. The first-order valence-corrected chi connectivity index (χ1v) is 6.55. The third kappa shape index (κ3) is 5.48. The maximum absolute atomic E-state index is 11.6. The van der Waals surface area contributed by atoms with Crippen molar-refractivity contribution in [2.45, 2.75) is 25.8 Å². The summed E-state index contributed by atoms with van der Waals surface area (Å²) in [7, 11) is 0. The molecule has 0 aromatic heterocycles. The summed E-state index contributed by atoms with van der Waals surface area (Å²) in [5.74, 6) is -2.05. The molecule has 6 heteroatoms. The summed E-state index contributed by atoms with van der Waals surface area (Å²) in [5.41, 5.74) is 6.21. The molecule has 21 heavy (non-hydrogen) atoms. The van der Waals surface area contributed by atoms with Crippen molar-refractivity contribution >= 4 is 23.9 Å². The quantitative estimate of drug-likeness (QED) is 0.655. The third-order valence-corrected chi connectivity index (χ3v) is 2.81. The molecule has 112 valence electrons. The van der Waals surface area contributed by atoms with Crippen LogP contribution in [0, 0.1) is 0 Å². The summed E-state index contributed by atoms with van der Waals surface area (Å²) in [4.78, 5) is 33.5. The third-order valence-electron chi connectivity index (χ3n) is 2.81. The van der Waals surface area contributed by atoms with Crippen molar-refractivity contribution in [3.05, 3.63) is 41.5 Å². The second-order valence-corrected chi connectivity index (χ2v) is 4.51. The van der Waals surface area contributed by atoms with Crippen LogP contribution in [0.25, 0.3) is 6.08 Å². The average molecular weight is 290 g/mol. The van der Waals surface area contributed by atoms with Crippen LogP contribution in [0.3, 0.4) is 0 Å². The zero-order valence-corrected chi connectivity index (χ0v) is 11.7. The van der Waals surface area contributed by atoms with E-state index in [0.717, 1.165) is 0 Å². The molecule has 1 aromatic carbocycles. The fraction of sp³-hybridized carbons (Fsp3) is 0.267. The molecule has 0 saturated carbocycles. The number of nitrogens with one attached hydrogen (secondary N) is 1. The predicted molar refractivity (Wildman–Crippen MR) is 78.5 cm³/mol. The Hall–Kier alpha value is -2.63. The van der Waals surface area contributed by atoms with Gasteiger partial charge in [-0.05, 0) is 30.2 Å². The molecule has 0 saturated heterocycles. The maximum Gasteiger partial charge on any atom is 0.326 e. The lowest BCUT2D eigenvalue weighted by atomic mass is 10.1. The smallest absolute Gasteiger partial charge is 0.326 e. The number of nitrogens with two attached hydrogens (primary N) is 1. The molecule has 0 aliphatic rings. The van der Waals surface area contributed by atoms with E-state index in [1.54, 1.807) is 24.3 Å². The summed E-state index contributed by atoms with van der Waals surface area (Å²) in [6.07, 6.45) is 3.83. The second-order valence-electron chi connectivity index (χ2n) is 4.51. The Morgan fingerprint density at radius 3 is 2.38 bits per heavy atom.